The Hall–Kier alpha value is -13.0. The Kier molecular flexibility index (Phi) is 38.9. The molecule has 3 N–H and O–H groups in total. The Morgan fingerprint density at radius 3 is 0.770 bits per heavy atom. The van der Waals surface area contributed by atoms with Gasteiger partial charge < -0.3 is 54.4 Å². The first kappa shape index (κ1) is 108. The molecule has 8 saturated heterocycles. The number of carboxylic acid groups (broad SMARTS) is 2. The number of urea groups is 3. The Balaban J connectivity index is 0.000000191. The van der Waals surface area contributed by atoms with Gasteiger partial charge in [-0.1, -0.05) is 322 Å². The summed E-state index contributed by atoms with van der Waals surface area (Å²) in [5.41, 5.74) is 7.30. The average molecular weight is 1910 g/mol. The van der Waals surface area contributed by atoms with E-state index in [-0.39, 0.29) is 126 Å². The van der Waals surface area contributed by atoms with Gasteiger partial charge in [-0.2, -0.15) is 13.5 Å². The van der Waals surface area contributed by atoms with Gasteiger partial charge in [0, 0.05) is 106 Å². The lowest BCUT2D eigenvalue weighted by molar-refractivity contribution is -0.150. The molecule has 0 bridgehead atoms. The minimum absolute atomic E-state index is 0. The number of nitrogens with zero attached hydrogens (tertiary/aromatic N) is 11. The predicted molar refractivity (Wildman–Crippen MR) is 539 cm³/mol. The van der Waals surface area contributed by atoms with Crippen LogP contribution in [0.3, 0.4) is 0 Å². The van der Waals surface area contributed by atoms with Gasteiger partial charge in [0.25, 0.3) is 0 Å². The minimum Gasteiger partial charge on any atom is -0.480 e. The number of rotatable bonds is 24. The normalized spacial score (nSPS) is 19.2. The Bertz CT molecular complexity index is 5030. The highest BCUT2D eigenvalue weighted by atomic mass is 32.1. The molecule has 9 aromatic rings. The van der Waals surface area contributed by atoms with E-state index in [1.54, 1.807) is 27.9 Å². The third-order valence-corrected chi connectivity index (χ3v) is 26.3. The van der Waals surface area contributed by atoms with Crippen molar-refractivity contribution < 1.29 is 77.2 Å². The lowest BCUT2D eigenvalue weighted by Gasteiger charge is -2.39. The molecule has 8 fully saturated rings. The number of hydrogen-bond acceptors (Lipinski definition) is 17. The first-order valence-electron chi connectivity index (χ1n) is 47.4. The summed E-state index contributed by atoms with van der Waals surface area (Å²) in [7, 11) is 4.64. The molecule has 3 unspecified atom stereocenters. The average Bonchev–Trinajstić information content (AvgIpc) is 1.56. The van der Waals surface area contributed by atoms with Crippen LogP contribution >= 0.6 is 13.5 Å². The van der Waals surface area contributed by atoms with Gasteiger partial charge in [0.15, 0.2) is 11.6 Å². The van der Waals surface area contributed by atoms with Gasteiger partial charge in [0.05, 0.1) is 28.7 Å². The van der Waals surface area contributed by atoms with E-state index in [4.69, 9.17) is 9.47 Å². The summed E-state index contributed by atoms with van der Waals surface area (Å²) in [6, 6.07) is 86.4. The van der Waals surface area contributed by atoms with Crippen LogP contribution in [0.5, 0.6) is 0 Å². The SMILES string of the molecule is C.C1CCOC1.C1CCOC1.CC(=O)[C@H](C(C)C)N(C)C(=O)N1CCN(C(=O)[C@@H]2CN2C(c2ccccc2)(c2ccccc2)c2ccccc2)C(=O)C1.CC(=O)[C@H](C(C)C)N(C)C(=O)N1CCNC(=O)C1.CC(C)[C@@H](C(=O)O)N(C)C(=O)N1CCN(C(=O)[C@@H]2CN2C(c2ccccc2)(c2ccccc2)c2ccccc2)C(=O)C1.O=C(O)[C@@H]1CN1C(c1ccccc1)(c1ccccc1)c1ccccc1.S. The molecule has 738 valence electrons. The van der Waals surface area contributed by atoms with Crippen LogP contribution in [0.2, 0.25) is 0 Å². The molecule has 17 rings (SSSR count). The monoisotopic (exact) mass is 1910 g/mol. The molecule has 11 amide bonds. The number of ketones is 2. The fourth-order valence-electron chi connectivity index (χ4n) is 19.9. The molecule has 0 aliphatic carbocycles. The Morgan fingerprint density at radius 1 is 0.345 bits per heavy atom. The largest absolute Gasteiger partial charge is 0.480 e. The van der Waals surface area contributed by atoms with E-state index in [1.165, 1.54) is 80.9 Å². The van der Waals surface area contributed by atoms with Crippen LogP contribution in [0, 0.1) is 17.8 Å². The van der Waals surface area contributed by atoms with Gasteiger partial charge in [-0.05, 0) is 107 Å². The molecule has 8 aliphatic rings. The fourth-order valence-corrected chi connectivity index (χ4v) is 19.9. The maximum absolute atomic E-state index is 13.9. The van der Waals surface area contributed by atoms with Crippen molar-refractivity contribution in [3.05, 3.63) is 323 Å². The lowest BCUT2D eigenvalue weighted by Crippen LogP contribution is -2.59. The molecule has 28 nitrogen and oxygen atoms in total. The van der Waals surface area contributed by atoms with Crippen molar-refractivity contribution in [1.82, 2.24) is 59.2 Å². The number of piperazine rings is 3. The smallest absolute Gasteiger partial charge is 0.326 e. The van der Waals surface area contributed by atoms with E-state index in [2.05, 4.69) is 129 Å². The molecule has 139 heavy (non-hydrogen) atoms. The number of Topliss-reactive ketones (excluding diaryl/α,β-unsaturated/α-hetero) is 2. The summed E-state index contributed by atoms with van der Waals surface area (Å²) in [6.07, 6.45) is 5.11. The zero-order valence-electron chi connectivity index (χ0n) is 80.8. The standard InChI is InChI=1S/C34H38N4O4.C33H36N4O5.C22H19NO2.C12H21N3O3.2C4H8O.CH4.H2S/c1-24(2)31(25(3)39)35(4)33(42)36-20-21-37(30(40)23-36)32(41)29-22-38(29)34(26-14-8-5-9-15-26,27-16-10-6-11-17-27)28-18-12-7-13-19-28;1-23(2)29(31(40)41)34(3)32(42)35-19-20-36(28(38)22-35)30(39)27-21-37(27)33(24-13-7-4-8-14-24,25-15-9-5-10-16-25)26-17-11-6-12-18-26;24-21(25)20-16-23(20)22(17-10-4-1-5-11-17,18-12-6-2-7-13-18)19-14-8-3-9-15-19;1-8(2)11(9(3)16)14(4)12(18)15-6-5-13-10(17)7-15;2*1-2-4-5-3-1;;/h5-19,24,29,31H,20-23H2,1-4H3;4-18,23,27,29H,19-22H2,1-3H3,(H,40,41);1-15,20H,16H2,(H,24,25);8,11H,5-7H2,1-4H3,(H,13,17);2*1-4H2;1H4;1H2/t29-,31-,38?;27-,29-,37?;20-,23?;11-;;;;/m0000..../s1. The summed E-state index contributed by atoms with van der Waals surface area (Å²) in [4.78, 5) is 168. The fraction of sp³-hybridized carbons (Fsp3) is 0.400. The Labute approximate surface area is 824 Å². The van der Waals surface area contributed by atoms with Crippen molar-refractivity contribution >= 4 is 84.6 Å². The Morgan fingerprint density at radius 2 is 0.576 bits per heavy atom. The van der Waals surface area contributed by atoms with E-state index < -0.39 is 82.7 Å². The molecule has 0 aromatic heterocycles. The highest BCUT2D eigenvalue weighted by Gasteiger charge is 2.61. The summed E-state index contributed by atoms with van der Waals surface area (Å²) in [5, 5.41) is 21.8. The number of amides is 11. The quantitative estimate of drug-likeness (QED) is 0.0287. The highest BCUT2D eigenvalue weighted by Crippen LogP contribution is 2.52. The van der Waals surface area contributed by atoms with Crippen molar-refractivity contribution in [1.29, 1.82) is 0 Å². The van der Waals surface area contributed by atoms with Crippen LogP contribution in [0.25, 0.3) is 0 Å². The van der Waals surface area contributed by atoms with Gasteiger partial charge in [-0.3, -0.25) is 62.9 Å². The van der Waals surface area contributed by atoms with Crippen molar-refractivity contribution in [3.8, 4) is 0 Å². The minimum atomic E-state index is -1.10. The van der Waals surface area contributed by atoms with Crippen LogP contribution in [-0.2, 0) is 69.2 Å². The van der Waals surface area contributed by atoms with Gasteiger partial charge in [-0.15, -0.1) is 0 Å². The molecule has 0 spiro atoms. The molecule has 0 saturated carbocycles. The number of carboxylic acids is 2. The van der Waals surface area contributed by atoms with Crippen molar-refractivity contribution in [2.45, 2.75) is 141 Å². The first-order valence-corrected chi connectivity index (χ1v) is 47.4. The summed E-state index contributed by atoms with van der Waals surface area (Å²) >= 11 is 0. The van der Waals surface area contributed by atoms with Crippen molar-refractivity contribution in [2.24, 2.45) is 17.8 Å². The second-order valence-corrected chi connectivity index (χ2v) is 36.6. The van der Waals surface area contributed by atoms with E-state index in [0.29, 0.717) is 32.7 Å². The van der Waals surface area contributed by atoms with Crippen LogP contribution in [0.4, 0.5) is 14.4 Å². The maximum atomic E-state index is 13.9. The van der Waals surface area contributed by atoms with E-state index in [0.717, 1.165) is 81.4 Å². The number of ether oxygens (including phenoxy) is 2. The molecular formula is C110H136N12O16S. The number of carbonyl (C=O) groups excluding carboxylic acids is 10. The van der Waals surface area contributed by atoms with Crippen LogP contribution < -0.4 is 5.32 Å². The van der Waals surface area contributed by atoms with E-state index >= 15 is 0 Å². The molecule has 29 heteroatoms. The molecule has 8 heterocycles. The number of benzene rings is 9. The topological polar surface area (TPSA) is 311 Å². The van der Waals surface area contributed by atoms with Gasteiger partial charge in [-0.25, -0.2) is 19.2 Å². The van der Waals surface area contributed by atoms with Crippen LogP contribution in [0.15, 0.2) is 273 Å². The van der Waals surface area contributed by atoms with Crippen LogP contribution in [0.1, 0.15) is 139 Å². The predicted octanol–water partition coefficient (Wildman–Crippen LogP) is 13.7. The van der Waals surface area contributed by atoms with Crippen LogP contribution in [-0.4, -0.2) is 298 Å². The van der Waals surface area contributed by atoms with Gasteiger partial charge >= 0.3 is 30.0 Å². The van der Waals surface area contributed by atoms with E-state index in [9.17, 15) is 67.7 Å². The lowest BCUT2D eigenvalue weighted by atomic mass is 9.76. The number of hydrogen-bond donors (Lipinski definition) is 3. The molecule has 8 aliphatic heterocycles. The number of aliphatic carboxylic acids is 2. The first-order chi connectivity index (χ1) is 65.9. The third kappa shape index (κ3) is 25.0. The second kappa shape index (κ2) is 50.0. The van der Waals surface area contributed by atoms with E-state index in [1.807, 2.05) is 191 Å². The number of imide groups is 2. The zero-order valence-corrected chi connectivity index (χ0v) is 81.8. The maximum Gasteiger partial charge on any atom is 0.326 e. The van der Waals surface area contributed by atoms with Gasteiger partial charge in [0.2, 0.25) is 29.5 Å². The number of nitrogens with one attached hydrogen (secondary N) is 1. The zero-order chi connectivity index (χ0) is 98.3. The van der Waals surface area contributed by atoms with Gasteiger partial charge in [0.1, 0.15) is 43.8 Å². The summed E-state index contributed by atoms with van der Waals surface area (Å²) < 4.78 is 9.89. The van der Waals surface area contributed by atoms with Crippen molar-refractivity contribution in [2.75, 3.05) is 126 Å². The molecule has 9 aromatic carbocycles. The molecule has 0 radical (unpaired) electrons. The summed E-state index contributed by atoms with van der Waals surface area (Å²) in [5.74, 6) is -3.92. The molecular weight excluding hydrogens is 1780 g/mol. The summed E-state index contributed by atoms with van der Waals surface area (Å²) in [6.45, 7) is 20.5. The second-order valence-electron chi connectivity index (χ2n) is 36.6. The number of likely N-dealkylation sites (N-methyl/N-ethyl adjacent to an activating group) is 3. The highest BCUT2D eigenvalue weighted by molar-refractivity contribution is 7.59. The molecule has 9 atom stereocenters. The third-order valence-electron chi connectivity index (χ3n) is 26.3. The number of carbonyl (C=O) groups is 12. The van der Waals surface area contributed by atoms with Crippen molar-refractivity contribution in [3.63, 3.8) is 0 Å².